The largest absolute Gasteiger partial charge is 0.0622 e. The van der Waals surface area contributed by atoms with Gasteiger partial charge in [-0.15, -0.1) is 0 Å². The molecule has 1 aliphatic carbocycles. The highest BCUT2D eigenvalue weighted by atomic mass is 14.3. The Morgan fingerprint density at radius 2 is 0.881 bits per heavy atom. The Labute approximate surface area is 245 Å². The first-order valence-electron chi connectivity index (χ1n) is 14.6. The third-order valence-electron chi connectivity index (χ3n) is 8.97. The maximum absolute atomic E-state index is 2.41. The Morgan fingerprint density at radius 3 is 1.76 bits per heavy atom. The summed E-state index contributed by atoms with van der Waals surface area (Å²) in [5.74, 6) is 0. The number of fused-ring (bicyclic) bond motifs is 6. The second-order valence-corrected chi connectivity index (χ2v) is 11.3. The lowest BCUT2D eigenvalue weighted by Crippen LogP contribution is -1.90. The van der Waals surface area contributed by atoms with Gasteiger partial charge in [0.25, 0.3) is 0 Å². The maximum Gasteiger partial charge on any atom is -0.00137 e. The van der Waals surface area contributed by atoms with Crippen LogP contribution < -0.4 is 0 Å². The van der Waals surface area contributed by atoms with Crippen molar-refractivity contribution in [2.75, 3.05) is 0 Å². The van der Waals surface area contributed by atoms with Crippen LogP contribution in [0.4, 0.5) is 0 Å². The molecule has 0 nitrogen and oxygen atoms in total. The van der Waals surface area contributed by atoms with Crippen molar-refractivity contribution in [1.29, 1.82) is 0 Å². The van der Waals surface area contributed by atoms with Crippen LogP contribution in [-0.4, -0.2) is 0 Å². The van der Waals surface area contributed by atoms with Gasteiger partial charge >= 0.3 is 0 Å². The molecule has 1 aliphatic rings. The summed E-state index contributed by atoms with van der Waals surface area (Å²) < 4.78 is 0. The van der Waals surface area contributed by atoms with Gasteiger partial charge in [-0.1, -0.05) is 140 Å². The molecule has 0 spiro atoms. The summed E-state index contributed by atoms with van der Waals surface area (Å²) in [7, 11) is 0. The third-order valence-corrected chi connectivity index (χ3v) is 8.97. The highest BCUT2D eigenvalue weighted by molar-refractivity contribution is 6.26. The monoisotopic (exact) mass is 530 g/mol. The van der Waals surface area contributed by atoms with E-state index in [-0.39, 0.29) is 0 Å². The Hall–Kier alpha value is -5.46. The van der Waals surface area contributed by atoms with Crippen molar-refractivity contribution in [3.8, 4) is 55.6 Å². The minimum absolute atomic E-state index is 1.23. The van der Waals surface area contributed by atoms with Crippen LogP contribution in [0.25, 0.3) is 88.0 Å². The van der Waals surface area contributed by atoms with E-state index >= 15 is 0 Å². The van der Waals surface area contributed by atoms with Crippen LogP contribution in [0.1, 0.15) is 0 Å². The van der Waals surface area contributed by atoms with Gasteiger partial charge in [-0.2, -0.15) is 0 Å². The lowest BCUT2D eigenvalue weighted by molar-refractivity contribution is 1.58. The van der Waals surface area contributed by atoms with E-state index in [4.69, 9.17) is 0 Å². The summed E-state index contributed by atoms with van der Waals surface area (Å²) >= 11 is 0. The molecular formula is C42H26. The normalized spacial score (nSPS) is 11.8. The molecule has 0 aliphatic heterocycles. The lowest BCUT2D eigenvalue weighted by atomic mass is 9.87. The topological polar surface area (TPSA) is 0 Å². The molecule has 8 aromatic rings. The fraction of sp³-hybridized carbons (Fsp3) is 0. The first-order chi connectivity index (χ1) is 20.8. The zero-order valence-electron chi connectivity index (χ0n) is 23.0. The summed E-state index contributed by atoms with van der Waals surface area (Å²) in [6.45, 7) is 0. The molecule has 0 amide bonds. The van der Waals surface area contributed by atoms with Crippen LogP contribution in [-0.2, 0) is 0 Å². The van der Waals surface area contributed by atoms with Crippen LogP contribution in [0.5, 0.6) is 0 Å². The fourth-order valence-corrected chi connectivity index (χ4v) is 7.06. The Balaban J connectivity index is 1.33. The first-order valence-corrected chi connectivity index (χ1v) is 14.6. The molecule has 0 heterocycles. The van der Waals surface area contributed by atoms with Gasteiger partial charge in [0, 0.05) is 0 Å². The Morgan fingerprint density at radius 1 is 0.262 bits per heavy atom. The van der Waals surface area contributed by atoms with Crippen LogP contribution in [0.15, 0.2) is 158 Å². The highest BCUT2D eigenvalue weighted by Crippen LogP contribution is 2.55. The van der Waals surface area contributed by atoms with Gasteiger partial charge in [0.15, 0.2) is 0 Å². The van der Waals surface area contributed by atoms with E-state index in [1.54, 1.807) is 0 Å². The molecule has 8 aromatic carbocycles. The molecule has 0 bridgehead atoms. The fourth-order valence-electron chi connectivity index (χ4n) is 7.06. The summed E-state index contributed by atoms with van der Waals surface area (Å²) in [5, 5.41) is 7.82. The number of benzene rings is 8. The lowest BCUT2D eigenvalue weighted by Gasteiger charge is -2.16. The van der Waals surface area contributed by atoms with Crippen LogP contribution >= 0.6 is 0 Å². The maximum atomic E-state index is 2.41. The van der Waals surface area contributed by atoms with Crippen molar-refractivity contribution in [2.45, 2.75) is 0 Å². The van der Waals surface area contributed by atoms with E-state index in [2.05, 4.69) is 158 Å². The molecule has 0 heteroatoms. The first kappa shape index (κ1) is 23.3. The minimum Gasteiger partial charge on any atom is -0.0622 e. The Bertz CT molecular complexity index is 2340. The molecule has 0 saturated heterocycles. The molecule has 0 saturated carbocycles. The standard InChI is InChI=1S/C42H26/c1-2-11-28(12-3-1)35-22-23-36(32-16-8-15-30(25-32)31-21-20-27-10-4-5-13-29(27)24-31)41-38-19-9-18-37-34-17-7-6-14-33(34)26-39(40(37)38)42(35)41/h1-26H. The number of hydrogen-bond donors (Lipinski definition) is 0. The summed E-state index contributed by atoms with van der Waals surface area (Å²) in [4.78, 5) is 0. The molecule has 0 radical (unpaired) electrons. The van der Waals surface area contributed by atoms with E-state index in [1.165, 1.54) is 88.0 Å². The second-order valence-electron chi connectivity index (χ2n) is 11.3. The van der Waals surface area contributed by atoms with Gasteiger partial charge < -0.3 is 0 Å². The van der Waals surface area contributed by atoms with Gasteiger partial charge in [-0.3, -0.25) is 0 Å². The molecule has 42 heavy (non-hydrogen) atoms. The number of hydrogen-bond acceptors (Lipinski definition) is 0. The van der Waals surface area contributed by atoms with E-state index in [0.29, 0.717) is 0 Å². The molecule has 0 atom stereocenters. The zero-order valence-corrected chi connectivity index (χ0v) is 23.0. The molecule has 0 aromatic heterocycles. The molecule has 0 unspecified atom stereocenters. The predicted octanol–water partition coefficient (Wildman–Crippen LogP) is 11.8. The van der Waals surface area contributed by atoms with Crippen LogP contribution in [0.3, 0.4) is 0 Å². The molecular weight excluding hydrogens is 504 g/mol. The van der Waals surface area contributed by atoms with Crippen molar-refractivity contribution in [3.63, 3.8) is 0 Å². The average Bonchev–Trinajstić information content (AvgIpc) is 3.40. The molecule has 0 fully saturated rings. The Kier molecular flexibility index (Phi) is 5.00. The van der Waals surface area contributed by atoms with Crippen molar-refractivity contribution in [2.24, 2.45) is 0 Å². The minimum atomic E-state index is 1.23. The van der Waals surface area contributed by atoms with Crippen molar-refractivity contribution >= 4 is 32.3 Å². The van der Waals surface area contributed by atoms with E-state index in [1.807, 2.05) is 0 Å². The third kappa shape index (κ3) is 3.42. The molecule has 0 N–H and O–H groups in total. The van der Waals surface area contributed by atoms with Crippen LogP contribution in [0, 0.1) is 0 Å². The van der Waals surface area contributed by atoms with Crippen molar-refractivity contribution in [3.05, 3.63) is 158 Å². The molecule has 194 valence electrons. The summed E-state index contributed by atoms with van der Waals surface area (Å²) in [5.41, 5.74) is 12.9. The van der Waals surface area contributed by atoms with Crippen LogP contribution in [0.2, 0.25) is 0 Å². The van der Waals surface area contributed by atoms with E-state index in [9.17, 15) is 0 Å². The highest BCUT2D eigenvalue weighted by Gasteiger charge is 2.28. The van der Waals surface area contributed by atoms with Crippen molar-refractivity contribution in [1.82, 2.24) is 0 Å². The van der Waals surface area contributed by atoms with Gasteiger partial charge in [0.1, 0.15) is 0 Å². The molecule has 9 rings (SSSR count). The smallest absolute Gasteiger partial charge is 0.00137 e. The summed E-state index contributed by atoms with van der Waals surface area (Å²) in [6, 6.07) is 58.0. The van der Waals surface area contributed by atoms with Gasteiger partial charge in [-0.25, -0.2) is 0 Å². The van der Waals surface area contributed by atoms with E-state index < -0.39 is 0 Å². The quantitative estimate of drug-likeness (QED) is 0.199. The van der Waals surface area contributed by atoms with Gasteiger partial charge in [0.2, 0.25) is 0 Å². The van der Waals surface area contributed by atoms with Gasteiger partial charge in [0.05, 0.1) is 0 Å². The zero-order chi connectivity index (χ0) is 27.6. The SMILES string of the molecule is c1ccc(-c2ccc(-c3cccc(-c4ccc5ccccc5c4)c3)c3c2-c2cc4ccccc4c4cccc-3c24)cc1. The number of rotatable bonds is 3. The second kappa shape index (κ2) is 9.03. The predicted molar refractivity (Wildman–Crippen MR) is 180 cm³/mol. The van der Waals surface area contributed by atoms with Crippen molar-refractivity contribution < 1.29 is 0 Å². The van der Waals surface area contributed by atoms with E-state index in [0.717, 1.165) is 0 Å². The average molecular weight is 531 g/mol. The summed E-state index contributed by atoms with van der Waals surface area (Å²) in [6.07, 6.45) is 0. The van der Waals surface area contributed by atoms with Gasteiger partial charge in [-0.05, 0) is 106 Å².